The molecule has 0 heterocycles. The first kappa shape index (κ1) is 14.3. The third-order valence-corrected chi connectivity index (χ3v) is 3.24. The van der Waals surface area contributed by atoms with E-state index in [0.717, 1.165) is 5.56 Å². The highest BCUT2D eigenvalue weighted by atomic mass is 19.1. The van der Waals surface area contributed by atoms with Crippen LogP contribution in [-0.4, -0.2) is 14.2 Å². The lowest BCUT2D eigenvalue weighted by atomic mass is 9.98. The maximum absolute atomic E-state index is 13.7. The quantitative estimate of drug-likeness (QED) is 0.912. The molecule has 2 N–H and O–H groups in total. The Kier molecular flexibility index (Phi) is 4.58. The lowest BCUT2D eigenvalue weighted by molar-refractivity contribution is 0.390. The van der Waals surface area contributed by atoms with Gasteiger partial charge in [-0.05, 0) is 24.1 Å². The van der Waals surface area contributed by atoms with Crippen molar-refractivity contribution in [2.45, 2.75) is 12.5 Å². The summed E-state index contributed by atoms with van der Waals surface area (Å²) in [4.78, 5) is 0. The first-order valence-corrected chi connectivity index (χ1v) is 6.36. The van der Waals surface area contributed by atoms with E-state index in [1.165, 1.54) is 6.07 Å². The van der Waals surface area contributed by atoms with Crippen LogP contribution in [0.25, 0.3) is 0 Å². The van der Waals surface area contributed by atoms with Crippen LogP contribution in [0.15, 0.2) is 42.5 Å². The zero-order valence-electron chi connectivity index (χ0n) is 11.6. The van der Waals surface area contributed by atoms with E-state index in [0.29, 0.717) is 23.5 Å². The zero-order chi connectivity index (χ0) is 14.5. The molecule has 0 radical (unpaired) electrons. The predicted octanol–water partition coefficient (Wildman–Crippen LogP) is 3.09. The molecule has 3 nitrogen and oxygen atoms in total. The van der Waals surface area contributed by atoms with Crippen LogP contribution in [0.1, 0.15) is 17.2 Å². The molecule has 0 aliphatic rings. The number of hydrogen-bond acceptors (Lipinski definition) is 3. The van der Waals surface area contributed by atoms with Gasteiger partial charge in [-0.25, -0.2) is 4.39 Å². The van der Waals surface area contributed by atoms with Gasteiger partial charge in [-0.2, -0.15) is 0 Å². The van der Waals surface area contributed by atoms with Crippen molar-refractivity contribution in [2.24, 2.45) is 5.73 Å². The van der Waals surface area contributed by atoms with Crippen molar-refractivity contribution in [1.82, 2.24) is 0 Å². The number of rotatable bonds is 5. The summed E-state index contributed by atoms with van der Waals surface area (Å²) in [5, 5.41) is 0. The zero-order valence-corrected chi connectivity index (χ0v) is 11.6. The van der Waals surface area contributed by atoms with Crippen LogP contribution < -0.4 is 15.2 Å². The smallest absolute Gasteiger partial charge is 0.127 e. The summed E-state index contributed by atoms with van der Waals surface area (Å²) >= 11 is 0. The average molecular weight is 275 g/mol. The van der Waals surface area contributed by atoms with Gasteiger partial charge >= 0.3 is 0 Å². The largest absolute Gasteiger partial charge is 0.497 e. The van der Waals surface area contributed by atoms with Crippen molar-refractivity contribution < 1.29 is 13.9 Å². The Hall–Kier alpha value is -2.07. The van der Waals surface area contributed by atoms with E-state index in [9.17, 15) is 4.39 Å². The number of ether oxygens (including phenoxy) is 2. The van der Waals surface area contributed by atoms with Crippen LogP contribution in [0.4, 0.5) is 4.39 Å². The summed E-state index contributed by atoms with van der Waals surface area (Å²) in [6.45, 7) is 0. The summed E-state index contributed by atoms with van der Waals surface area (Å²) in [6, 6.07) is 11.7. The molecule has 0 aromatic heterocycles. The average Bonchev–Trinajstić information content (AvgIpc) is 2.48. The molecule has 2 aromatic rings. The molecule has 20 heavy (non-hydrogen) atoms. The van der Waals surface area contributed by atoms with Gasteiger partial charge in [0.05, 0.1) is 14.2 Å². The molecule has 0 aliphatic carbocycles. The molecule has 0 aliphatic heterocycles. The van der Waals surface area contributed by atoms with E-state index in [4.69, 9.17) is 15.2 Å². The second kappa shape index (κ2) is 6.39. The van der Waals surface area contributed by atoms with Crippen molar-refractivity contribution in [1.29, 1.82) is 0 Å². The summed E-state index contributed by atoms with van der Waals surface area (Å²) in [7, 11) is 3.19. The SMILES string of the molecule is COc1ccc(CC(N)c2ccccc2F)c(OC)c1. The molecule has 2 rings (SSSR count). The second-order valence-corrected chi connectivity index (χ2v) is 4.51. The Morgan fingerprint density at radius 3 is 2.50 bits per heavy atom. The molecular formula is C16H18FNO2. The number of nitrogens with two attached hydrogens (primary N) is 1. The van der Waals surface area contributed by atoms with Gasteiger partial charge in [0, 0.05) is 17.7 Å². The van der Waals surface area contributed by atoms with Gasteiger partial charge < -0.3 is 15.2 Å². The number of hydrogen-bond donors (Lipinski definition) is 1. The fourth-order valence-corrected chi connectivity index (χ4v) is 2.14. The minimum Gasteiger partial charge on any atom is -0.497 e. The van der Waals surface area contributed by atoms with Crippen LogP contribution in [0.3, 0.4) is 0 Å². The van der Waals surface area contributed by atoms with Crippen LogP contribution in [-0.2, 0) is 6.42 Å². The molecule has 0 saturated carbocycles. The molecule has 1 unspecified atom stereocenters. The van der Waals surface area contributed by atoms with Crippen LogP contribution in [0.5, 0.6) is 11.5 Å². The van der Waals surface area contributed by atoms with Crippen molar-refractivity contribution in [3.05, 3.63) is 59.4 Å². The van der Waals surface area contributed by atoms with Crippen molar-refractivity contribution in [3.63, 3.8) is 0 Å². The summed E-state index contributed by atoms with van der Waals surface area (Å²) in [5.41, 5.74) is 7.52. The molecule has 2 aromatic carbocycles. The van der Waals surface area contributed by atoms with Gasteiger partial charge in [-0.15, -0.1) is 0 Å². The lowest BCUT2D eigenvalue weighted by Gasteiger charge is -2.16. The summed E-state index contributed by atoms with van der Waals surface area (Å²) in [6.07, 6.45) is 0.494. The fourth-order valence-electron chi connectivity index (χ4n) is 2.14. The Morgan fingerprint density at radius 1 is 1.10 bits per heavy atom. The van der Waals surface area contributed by atoms with E-state index in [1.807, 2.05) is 12.1 Å². The first-order valence-electron chi connectivity index (χ1n) is 6.36. The van der Waals surface area contributed by atoms with Gasteiger partial charge in [0.1, 0.15) is 17.3 Å². The molecule has 106 valence electrons. The van der Waals surface area contributed by atoms with E-state index < -0.39 is 6.04 Å². The van der Waals surface area contributed by atoms with Crippen LogP contribution in [0, 0.1) is 5.82 Å². The van der Waals surface area contributed by atoms with Crippen molar-refractivity contribution >= 4 is 0 Å². The summed E-state index contributed by atoms with van der Waals surface area (Å²) < 4.78 is 24.2. The molecule has 1 atom stereocenters. The molecular weight excluding hydrogens is 257 g/mol. The Balaban J connectivity index is 2.23. The van der Waals surface area contributed by atoms with E-state index in [-0.39, 0.29) is 5.82 Å². The second-order valence-electron chi connectivity index (χ2n) is 4.51. The standard InChI is InChI=1S/C16H18FNO2/c1-19-12-8-7-11(16(10-12)20-2)9-15(18)13-5-3-4-6-14(13)17/h3-8,10,15H,9,18H2,1-2H3. The molecule has 0 amide bonds. The van der Waals surface area contributed by atoms with Gasteiger partial charge in [-0.1, -0.05) is 24.3 Å². The van der Waals surface area contributed by atoms with Crippen molar-refractivity contribution in [3.8, 4) is 11.5 Å². The van der Waals surface area contributed by atoms with Gasteiger partial charge in [-0.3, -0.25) is 0 Å². The third kappa shape index (κ3) is 3.08. The van der Waals surface area contributed by atoms with Gasteiger partial charge in [0.2, 0.25) is 0 Å². The minimum atomic E-state index is -0.418. The lowest BCUT2D eigenvalue weighted by Crippen LogP contribution is -2.15. The highest BCUT2D eigenvalue weighted by Crippen LogP contribution is 2.28. The van der Waals surface area contributed by atoms with E-state index in [1.54, 1.807) is 38.5 Å². The topological polar surface area (TPSA) is 44.5 Å². The molecule has 0 bridgehead atoms. The van der Waals surface area contributed by atoms with Gasteiger partial charge in [0.15, 0.2) is 0 Å². The fraction of sp³-hybridized carbons (Fsp3) is 0.250. The van der Waals surface area contributed by atoms with E-state index in [2.05, 4.69) is 0 Å². The monoisotopic (exact) mass is 275 g/mol. The first-order chi connectivity index (χ1) is 9.65. The van der Waals surface area contributed by atoms with Crippen molar-refractivity contribution in [2.75, 3.05) is 14.2 Å². The Morgan fingerprint density at radius 2 is 1.85 bits per heavy atom. The van der Waals surface area contributed by atoms with Gasteiger partial charge in [0.25, 0.3) is 0 Å². The molecule has 0 fully saturated rings. The van der Waals surface area contributed by atoms with E-state index >= 15 is 0 Å². The maximum Gasteiger partial charge on any atom is 0.127 e. The number of halogens is 1. The Bertz CT molecular complexity index is 586. The number of benzene rings is 2. The highest BCUT2D eigenvalue weighted by molar-refractivity contribution is 5.41. The Labute approximate surface area is 118 Å². The molecule has 0 saturated heterocycles. The molecule has 0 spiro atoms. The summed E-state index contributed by atoms with van der Waals surface area (Å²) in [5.74, 6) is 1.12. The highest BCUT2D eigenvalue weighted by Gasteiger charge is 2.14. The number of methoxy groups -OCH3 is 2. The minimum absolute atomic E-state index is 0.285. The third-order valence-electron chi connectivity index (χ3n) is 3.24. The molecule has 4 heteroatoms. The predicted molar refractivity (Wildman–Crippen MR) is 76.6 cm³/mol. The van der Waals surface area contributed by atoms with Crippen LogP contribution >= 0.6 is 0 Å². The maximum atomic E-state index is 13.7. The van der Waals surface area contributed by atoms with Crippen LogP contribution in [0.2, 0.25) is 0 Å². The normalized spacial score (nSPS) is 12.0.